The molecule has 1 atom stereocenters. The number of nitrogens with zero attached hydrogens (tertiary/aromatic N) is 4. The van der Waals surface area contributed by atoms with Gasteiger partial charge in [-0.2, -0.15) is 0 Å². The van der Waals surface area contributed by atoms with Gasteiger partial charge in [0.25, 0.3) is 0 Å². The van der Waals surface area contributed by atoms with Crippen molar-refractivity contribution in [3.8, 4) is 11.1 Å². The number of nitrogens with one attached hydrogen (secondary N) is 3. The second kappa shape index (κ2) is 16.5. The molecular formula is C35H44BrN7O3. The molecule has 4 rings (SSSR count). The molecule has 2 aromatic heterocycles. The van der Waals surface area contributed by atoms with Crippen LogP contribution in [0, 0.1) is 19.3 Å². The van der Waals surface area contributed by atoms with Crippen LogP contribution in [0.25, 0.3) is 11.1 Å². The summed E-state index contributed by atoms with van der Waals surface area (Å²) >= 11 is 3.37. The van der Waals surface area contributed by atoms with Gasteiger partial charge in [0.05, 0.1) is 6.54 Å². The van der Waals surface area contributed by atoms with Gasteiger partial charge in [0.1, 0.15) is 28.0 Å². The number of rotatable bonds is 5. The first-order valence-corrected chi connectivity index (χ1v) is 16.8. The van der Waals surface area contributed by atoms with E-state index < -0.39 is 6.04 Å². The topological polar surface area (TPSA) is 141 Å². The van der Waals surface area contributed by atoms with E-state index in [9.17, 15) is 14.4 Å². The number of hydrogen-bond donors (Lipinski definition) is 3. The third-order valence-electron chi connectivity index (χ3n) is 8.51. The number of carbonyl (C=O) groups excluding carboxylic acids is 3. The number of aromatic nitrogens is 3. The number of hydrogen-bond acceptors (Lipinski definition) is 8. The summed E-state index contributed by atoms with van der Waals surface area (Å²) in [7, 11) is 1.66. The highest BCUT2D eigenvalue weighted by molar-refractivity contribution is 9.10. The molecule has 2 amide bonds. The molecule has 244 valence electrons. The zero-order chi connectivity index (χ0) is 33.2. The molecule has 3 aromatic rings. The molecule has 0 aliphatic carbocycles. The van der Waals surface area contributed by atoms with Gasteiger partial charge >= 0.3 is 0 Å². The standard InChI is InChI=1S/C35H44BrN7O3/c1-22-15-16-30(36)41-34(22)42-35(46)29-14-12-10-8-6-5-7-9-11-13-25-17-26(27-19-38-24(3)39-20-27)18-28(32(37)23(2)44)33(25)40-21-31(45)43(29)4/h15-20,29,37,40H,5-14,21H2,1-4H3,(H,41,42,46)/t29-/m0/s1. The van der Waals surface area contributed by atoms with Gasteiger partial charge in [-0.05, 0) is 83.9 Å². The fourth-order valence-corrected chi connectivity index (χ4v) is 6.02. The van der Waals surface area contributed by atoms with Crippen molar-refractivity contribution in [1.29, 1.82) is 5.41 Å². The van der Waals surface area contributed by atoms with Crippen molar-refractivity contribution >= 4 is 50.7 Å². The number of halogens is 1. The molecule has 0 fully saturated rings. The van der Waals surface area contributed by atoms with Crippen LogP contribution in [0.2, 0.25) is 0 Å². The molecule has 0 spiro atoms. The molecule has 0 bridgehead atoms. The lowest BCUT2D eigenvalue weighted by molar-refractivity contribution is -0.135. The quantitative estimate of drug-likeness (QED) is 0.197. The second-order valence-corrected chi connectivity index (χ2v) is 12.9. The van der Waals surface area contributed by atoms with Gasteiger partial charge in [-0.3, -0.25) is 19.8 Å². The van der Waals surface area contributed by atoms with Gasteiger partial charge in [0.2, 0.25) is 11.8 Å². The smallest absolute Gasteiger partial charge is 0.248 e. The number of ketones is 1. The number of carbonyl (C=O) groups is 3. The number of anilines is 2. The Hall–Kier alpha value is -3.99. The number of amides is 2. The predicted molar refractivity (Wildman–Crippen MR) is 185 cm³/mol. The predicted octanol–water partition coefficient (Wildman–Crippen LogP) is 6.82. The first kappa shape index (κ1) is 34.9. The molecule has 1 aromatic carbocycles. The number of Topliss-reactive ketones (excluding diaryl/α,β-unsaturated/α-hetero) is 1. The Morgan fingerprint density at radius 3 is 2.30 bits per heavy atom. The van der Waals surface area contributed by atoms with E-state index in [1.54, 1.807) is 25.5 Å². The Labute approximate surface area is 279 Å². The molecular weight excluding hydrogens is 646 g/mol. The van der Waals surface area contributed by atoms with Crippen LogP contribution in [0.4, 0.5) is 11.5 Å². The molecule has 46 heavy (non-hydrogen) atoms. The van der Waals surface area contributed by atoms with Gasteiger partial charge in [0, 0.05) is 43.2 Å². The second-order valence-electron chi connectivity index (χ2n) is 12.0. The summed E-state index contributed by atoms with van der Waals surface area (Å²) < 4.78 is 0.611. The minimum Gasteiger partial charge on any atom is -0.375 e. The summed E-state index contributed by atoms with van der Waals surface area (Å²) in [6.07, 6.45) is 13.0. The Morgan fingerprint density at radius 2 is 1.63 bits per heavy atom. The lowest BCUT2D eigenvalue weighted by Gasteiger charge is -2.28. The van der Waals surface area contributed by atoms with E-state index >= 15 is 0 Å². The Morgan fingerprint density at radius 1 is 0.978 bits per heavy atom. The fourth-order valence-electron chi connectivity index (χ4n) is 5.71. The monoisotopic (exact) mass is 689 g/mol. The number of benzene rings is 1. The zero-order valence-electron chi connectivity index (χ0n) is 27.2. The van der Waals surface area contributed by atoms with E-state index in [1.807, 2.05) is 32.0 Å². The van der Waals surface area contributed by atoms with Crippen molar-refractivity contribution in [2.24, 2.45) is 0 Å². The van der Waals surface area contributed by atoms with Crippen LogP contribution in [-0.4, -0.2) is 62.8 Å². The van der Waals surface area contributed by atoms with Crippen LogP contribution in [0.1, 0.15) is 87.2 Å². The van der Waals surface area contributed by atoms with E-state index in [-0.39, 0.29) is 29.9 Å². The average Bonchev–Trinajstić information content (AvgIpc) is 3.03. The lowest BCUT2D eigenvalue weighted by atomic mass is 9.92. The molecule has 1 aliphatic heterocycles. The van der Waals surface area contributed by atoms with Gasteiger partial charge in [-0.1, -0.05) is 51.0 Å². The molecule has 3 heterocycles. The first-order valence-electron chi connectivity index (χ1n) is 16.0. The summed E-state index contributed by atoms with van der Waals surface area (Å²) in [5.74, 6) is 0.178. The zero-order valence-corrected chi connectivity index (χ0v) is 28.8. The van der Waals surface area contributed by atoms with Crippen LogP contribution in [0.3, 0.4) is 0 Å². The summed E-state index contributed by atoms with van der Waals surface area (Å²) in [4.78, 5) is 54.5. The minimum atomic E-state index is -0.691. The van der Waals surface area contributed by atoms with Crippen molar-refractivity contribution in [3.05, 3.63) is 63.8 Å². The summed E-state index contributed by atoms with van der Waals surface area (Å²) in [5.41, 5.74) is 4.23. The first-order chi connectivity index (χ1) is 22.0. The molecule has 0 saturated heterocycles. The van der Waals surface area contributed by atoms with Gasteiger partial charge in [0.15, 0.2) is 5.78 Å². The fraction of sp³-hybridized carbons (Fsp3) is 0.457. The highest BCUT2D eigenvalue weighted by atomic mass is 79.9. The highest BCUT2D eigenvalue weighted by Crippen LogP contribution is 2.31. The van der Waals surface area contributed by atoms with E-state index in [0.717, 1.165) is 80.0 Å². The molecule has 0 unspecified atom stereocenters. The van der Waals surface area contributed by atoms with Gasteiger partial charge in [-0.25, -0.2) is 15.0 Å². The third-order valence-corrected chi connectivity index (χ3v) is 8.96. The maximum Gasteiger partial charge on any atom is 0.248 e. The van der Waals surface area contributed by atoms with Crippen LogP contribution >= 0.6 is 15.9 Å². The van der Waals surface area contributed by atoms with Crippen molar-refractivity contribution < 1.29 is 14.4 Å². The van der Waals surface area contributed by atoms with E-state index in [1.165, 1.54) is 11.8 Å². The normalized spacial score (nSPS) is 16.9. The molecule has 3 N–H and O–H groups in total. The minimum absolute atomic E-state index is 0.105. The number of likely N-dealkylation sites (N-methyl/N-ethyl adjacent to an activating group) is 1. The Bertz CT molecular complexity index is 1580. The van der Waals surface area contributed by atoms with E-state index in [0.29, 0.717) is 33.9 Å². The van der Waals surface area contributed by atoms with Gasteiger partial charge < -0.3 is 15.5 Å². The van der Waals surface area contributed by atoms with Crippen LogP contribution in [0.5, 0.6) is 0 Å². The summed E-state index contributed by atoms with van der Waals surface area (Å²) in [5, 5.41) is 14.9. The largest absolute Gasteiger partial charge is 0.375 e. The van der Waals surface area contributed by atoms with Crippen LogP contribution in [-0.2, 0) is 20.8 Å². The molecule has 10 nitrogen and oxygen atoms in total. The van der Waals surface area contributed by atoms with Crippen molar-refractivity contribution in [2.75, 3.05) is 24.2 Å². The van der Waals surface area contributed by atoms with E-state index in [4.69, 9.17) is 5.41 Å². The van der Waals surface area contributed by atoms with Crippen molar-refractivity contribution in [2.45, 2.75) is 91.0 Å². The maximum atomic E-state index is 13.7. The number of fused-ring (bicyclic) bond motifs is 1. The Kier molecular flexibility index (Phi) is 12.5. The van der Waals surface area contributed by atoms with Crippen LogP contribution < -0.4 is 10.6 Å². The molecule has 11 heteroatoms. The summed E-state index contributed by atoms with van der Waals surface area (Å²) in [6.45, 7) is 4.97. The summed E-state index contributed by atoms with van der Waals surface area (Å²) in [6, 6.07) is 6.83. The molecule has 0 saturated carbocycles. The number of aryl methyl sites for hydroxylation is 3. The van der Waals surface area contributed by atoms with Crippen molar-refractivity contribution in [1.82, 2.24) is 19.9 Å². The van der Waals surface area contributed by atoms with Crippen molar-refractivity contribution in [3.63, 3.8) is 0 Å². The SMILES string of the molecule is CC(=O)C(=N)c1cc(-c2cnc(C)nc2)cc2c1NCC(=O)N(C)[C@H](C(=O)Nc1nc(Br)ccc1C)CCCCCCCCCC2. The maximum absolute atomic E-state index is 13.7. The lowest BCUT2D eigenvalue weighted by Crippen LogP contribution is -2.47. The average molecular weight is 691 g/mol. The molecule has 0 radical (unpaired) electrons. The van der Waals surface area contributed by atoms with Gasteiger partial charge in [-0.15, -0.1) is 0 Å². The van der Waals surface area contributed by atoms with E-state index in [2.05, 4.69) is 41.5 Å². The van der Waals surface area contributed by atoms with Crippen LogP contribution in [0.15, 0.2) is 41.3 Å². The highest BCUT2D eigenvalue weighted by Gasteiger charge is 2.28. The molecule has 1 aliphatic rings. The Balaban J connectivity index is 1.67. The third kappa shape index (κ3) is 9.28. The number of pyridine rings is 1.